The van der Waals surface area contributed by atoms with Gasteiger partial charge in [-0.05, 0) is 0 Å². The summed E-state index contributed by atoms with van der Waals surface area (Å²) in [7, 11) is 0. The molecular formula is C12H12. The van der Waals surface area contributed by atoms with Gasteiger partial charge in [0.15, 0.2) is 0 Å². The van der Waals surface area contributed by atoms with E-state index < -0.39 is 0 Å². The highest BCUT2D eigenvalue weighted by Gasteiger charge is 2.00. The maximum absolute atomic E-state index is 2.24. The van der Waals surface area contributed by atoms with Crippen LogP contribution in [-0.2, 0) is 0 Å². The molecule has 0 heterocycles. The molecule has 0 fully saturated rings. The summed E-state index contributed by atoms with van der Waals surface area (Å²) in [5, 5.41) is 0. The van der Waals surface area contributed by atoms with Crippen LogP contribution < -0.4 is 0 Å². The Balaban J connectivity index is 1.93. The molecule has 0 heteroatoms. The van der Waals surface area contributed by atoms with E-state index in [2.05, 4.69) is 60.8 Å². The van der Waals surface area contributed by atoms with Gasteiger partial charge in [-0.15, -0.1) is 0 Å². The monoisotopic (exact) mass is 156 g/mol. The van der Waals surface area contributed by atoms with Crippen molar-refractivity contribution in [3.8, 4) is 0 Å². The maximum Gasteiger partial charge on any atom is 0.0134 e. The van der Waals surface area contributed by atoms with Gasteiger partial charge >= 0.3 is 0 Å². The molecular weight excluding hydrogens is 144 g/mol. The number of hydrogen-bond donors (Lipinski definition) is 0. The Kier molecular flexibility index (Phi) is 2.08. The second-order valence-electron chi connectivity index (χ2n) is 3.08. The van der Waals surface area contributed by atoms with Crippen molar-refractivity contribution in [2.45, 2.75) is 0 Å². The lowest BCUT2D eigenvalue weighted by Crippen LogP contribution is -1.85. The van der Waals surface area contributed by atoms with E-state index in [0.717, 1.165) is 0 Å². The third-order valence-electron chi connectivity index (χ3n) is 2.11. The summed E-state index contributed by atoms with van der Waals surface area (Å²) >= 11 is 0. The molecule has 0 nitrogen and oxygen atoms in total. The maximum atomic E-state index is 2.24. The Hall–Kier alpha value is -1.30. The van der Waals surface area contributed by atoms with Crippen LogP contribution in [0.25, 0.3) is 0 Å². The molecule has 2 rings (SSSR count). The molecule has 0 atom stereocenters. The molecule has 0 spiro atoms. The summed E-state index contributed by atoms with van der Waals surface area (Å²) in [5.41, 5.74) is 0. The normalized spacial score (nSPS) is 22.3. The molecule has 0 radical (unpaired) electrons. The van der Waals surface area contributed by atoms with Crippen LogP contribution in [0.15, 0.2) is 60.8 Å². The number of hydrogen-bond acceptors (Lipinski definition) is 0. The Bertz CT molecular complexity index is 233. The van der Waals surface area contributed by atoms with E-state index in [4.69, 9.17) is 0 Å². The smallest absolute Gasteiger partial charge is 0.0134 e. The van der Waals surface area contributed by atoms with Gasteiger partial charge in [-0.25, -0.2) is 0 Å². The fraction of sp³-hybridized carbons (Fsp3) is 0.167. The van der Waals surface area contributed by atoms with E-state index in [0.29, 0.717) is 11.8 Å². The first-order valence-electron chi connectivity index (χ1n) is 4.33. The highest BCUT2D eigenvalue weighted by molar-refractivity contribution is 5.27. The molecule has 12 heavy (non-hydrogen) atoms. The second kappa shape index (κ2) is 3.40. The van der Waals surface area contributed by atoms with E-state index in [1.807, 2.05) is 0 Å². The summed E-state index contributed by atoms with van der Waals surface area (Å²) in [5.74, 6) is 1.04. The molecule has 2 aliphatic rings. The van der Waals surface area contributed by atoms with E-state index in [1.54, 1.807) is 0 Å². The fourth-order valence-electron chi connectivity index (χ4n) is 1.41. The highest BCUT2D eigenvalue weighted by atomic mass is 14.1. The van der Waals surface area contributed by atoms with E-state index >= 15 is 0 Å². The lowest BCUT2D eigenvalue weighted by atomic mass is 10.1. The molecule has 0 bridgehead atoms. The van der Waals surface area contributed by atoms with Crippen LogP contribution >= 0.6 is 0 Å². The molecule has 0 saturated carbocycles. The first kappa shape index (κ1) is 7.35. The minimum atomic E-state index is 0.521. The summed E-state index contributed by atoms with van der Waals surface area (Å²) in [6.07, 6.45) is 21.6. The van der Waals surface area contributed by atoms with E-state index in [-0.39, 0.29) is 0 Å². The van der Waals surface area contributed by atoms with Gasteiger partial charge in [-0.2, -0.15) is 0 Å². The first-order valence-corrected chi connectivity index (χ1v) is 4.33. The van der Waals surface area contributed by atoms with Crippen molar-refractivity contribution in [1.82, 2.24) is 0 Å². The summed E-state index contributed by atoms with van der Waals surface area (Å²) < 4.78 is 0. The van der Waals surface area contributed by atoms with Crippen LogP contribution in [0, 0.1) is 11.8 Å². The van der Waals surface area contributed by atoms with E-state index in [1.165, 1.54) is 0 Å². The van der Waals surface area contributed by atoms with Gasteiger partial charge < -0.3 is 0 Å². The molecule has 0 aromatic rings. The lowest BCUT2D eigenvalue weighted by Gasteiger charge is -1.98. The Morgan fingerprint density at radius 2 is 0.917 bits per heavy atom. The van der Waals surface area contributed by atoms with Gasteiger partial charge in [0.05, 0.1) is 0 Å². The van der Waals surface area contributed by atoms with Crippen molar-refractivity contribution in [3.05, 3.63) is 60.8 Å². The van der Waals surface area contributed by atoms with Crippen LogP contribution in [0.4, 0.5) is 0 Å². The summed E-state index contributed by atoms with van der Waals surface area (Å²) in [6, 6.07) is 0. The number of rotatable bonds is 2. The van der Waals surface area contributed by atoms with Crippen molar-refractivity contribution >= 4 is 0 Å². The Morgan fingerprint density at radius 1 is 0.583 bits per heavy atom. The molecule has 0 aromatic heterocycles. The zero-order valence-corrected chi connectivity index (χ0v) is 6.93. The summed E-state index contributed by atoms with van der Waals surface area (Å²) in [4.78, 5) is 0. The minimum Gasteiger partial charge on any atom is -0.0769 e. The molecule has 0 aliphatic heterocycles. The van der Waals surface area contributed by atoms with E-state index in [9.17, 15) is 0 Å². The van der Waals surface area contributed by atoms with Gasteiger partial charge in [0.2, 0.25) is 0 Å². The van der Waals surface area contributed by atoms with Crippen molar-refractivity contribution in [2.24, 2.45) is 11.8 Å². The minimum absolute atomic E-state index is 0.521. The molecule has 0 unspecified atom stereocenters. The van der Waals surface area contributed by atoms with Crippen LogP contribution in [0.1, 0.15) is 0 Å². The predicted octanol–water partition coefficient (Wildman–Crippen LogP) is 3.03. The lowest BCUT2D eigenvalue weighted by molar-refractivity contribution is 1.02. The molecule has 0 aromatic carbocycles. The first-order chi connectivity index (χ1) is 5.95. The zero-order valence-electron chi connectivity index (χ0n) is 6.93. The predicted molar refractivity (Wildman–Crippen MR) is 52.7 cm³/mol. The fourth-order valence-corrected chi connectivity index (χ4v) is 1.41. The van der Waals surface area contributed by atoms with Crippen molar-refractivity contribution in [3.63, 3.8) is 0 Å². The molecule has 0 N–H and O–H groups in total. The van der Waals surface area contributed by atoms with Crippen LogP contribution in [0.2, 0.25) is 0 Å². The van der Waals surface area contributed by atoms with Gasteiger partial charge in [0.1, 0.15) is 0 Å². The molecule has 0 saturated heterocycles. The quantitative estimate of drug-likeness (QED) is 0.539. The highest BCUT2D eigenvalue weighted by Crippen LogP contribution is 2.15. The largest absolute Gasteiger partial charge is 0.0769 e. The average Bonchev–Trinajstić information content (AvgIpc) is 2.74. The third kappa shape index (κ3) is 1.65. The summed E-state index contributed by atoms with van der Waals surface area (Å²) in [6.45, 7) is 0. The van der Waals surface area contributed by atoms with Crippen LogP contribution in [0.3, 0.4) is 0 Å². The van der Waals surface area contributed by atoms with Gasteiger partial charge in [-0.3, -0.25) is 0 Å². The zero-order chi connectivity index (χ0) is 8.23. The standard InChI is InChI=1S/C12H12/c1-2-6-11(5-1)9-10-12-7-3-4-8-12/h1-12H/b10-9+. The SMILES string of the molecule is C1=CC(/C=C/C2C=CC=C2)C=C1. The van der Waals surface area contributed by atoms with Crippen molar-refractivity contribution in [2.75, 3.05) is 0 Å². The topological polar surface area (TPSA) is 0 Å². The third-order valence-corrected chi connectivity index (χ3v) is 2.11. The van der Waals surface area contributed by atoms with Crippen LogP contribution in [0.5, 0.6) is 0 Å². The Morgan fingerprint density at radius 3 is 1.25 bits per heavy atom. The van der Waals surface area contributed by atoms with Gasteiger partial charge in [0.25, 0.3) is 0 Å². The van der Waals surface area contributed by atoms with Gasteiger partial charge in [0, 0.05) is 11.8 Å². The van der Waals surface area contributed by atoms with Crippen LogP contribution in [-0.4, -0.2) is 0 Å². The average molecular weight is 156 g/mol. The molecule has 2 aliphatic carbocycles. The molecule has 60 valence electrons. The second-order valence-corrected chi connectivity index (χ2v) is 3.08. The molecule has 0 amide bonds. The van der Waals surface area contributed by atoms with Gasteiger partial charge in [-0.1, -0.05) is 60.8 Å². The van der Waals surface area contributed by atoms with Crippen molar-refractivity contribution in [1.29, 1.82) is 0 Å². The number of allylic oxidation sites excluding steroid dienone is 10. The Labute approximate surface area is 73.3 Å². The van der Waals surface area contributed by atoms with Crippen molar-refractivity contribution < 1.29 is 0 Å².